The van der Waals surface area contributed by atoms with Crippen molar-refractivity contribution in [3.05, 3.63) is 24.8 Å². The molecule has 1 fully saturated rings. The minimum absolute atomic E-state index is 0.237. The van der Waals surface area contributed by atoms with E-state index in [-0.39, 0.29) is 11.9 Å². The second-order valence-corrected chi connectivity index (χ2v) is 6.11. The Balaban J connectivity index is 1.88. The van der Waals surface area contributed by atoms with E-state index in [1.807, 2.05) is 0 Å². The fourth-order valence-corrected chi connectivity index (χ4v) is 3.08. The van der Waals surface area contributed by atoms with Crippen LogP contribution in [0.4, 0.5) is 5.82 Å². The number of rotatable bonds is 6. The van der Waals surface area contributed by atoms with Crippen LogP contribution in [-0.2, 0) is 4.74 Å². The maximum absolute atomic E-state index is 10.5. The van der Waals surface area contributed by atoms with E-state index in [4.69, 9.17) is 16.2 Å². The Kier molecular flexibility index (Phi) is 4.97. The van der Waals surface area contributed by atoms with Gasteiger partial charge in [0, 0.05) is 12.6 Å². The average Bonchev–Trinajstić information content (AvgIpc) is 3.16. The number of hydrogen-bond donors (Lipinski definition) is 5. The zero-order valence-corrected chi connectivity index (χ0v) is 13.9. The molecule has 3 rings (SSSR count). The molecule has 2 aromatic heterocycles. The van der Waals surface area contributed by atoms with Gasteiger partial charge in [0.25, 0.3) is 0 Å². The summed E-state index contributed by atoms with van der Waals surface area (Å²) < 4.78 is 7.50. The lowest BCUT2D eigenvalue weighted by atomic mass is 9.97. The lowest BCUT2D eigenvalue weighted by molar-refractivity contribution is -0.0454. The number of likely N-dealkylation sites (N-methyl/N-ethyl adjacent to an activating group) is 1. The van der Waals surface area contributed by atoms with Crippen molar-refractivity contribution in [1.82, 2.24) is 24.8 Å². The lowest BCUT2D eigenvalue weighted by Crippen LogP contribution is -2.45. The molecule has 0 amide bonds. The SMILES string of the molecule is C=C(CN)CC(NC)[C@H]1O[C@@H](n2cnc3c(N)ncnc32)[C@H](O)[C@@H]1O. The highest BCUT2D eigenvalue weighted by molar-refractivity contribution is 5.81. The van der Waals surface area contributed by atoms with Crippen molar-refractivity contribution in [3.8, 4) is 0 Å². The number of aliphatic hydroxyl groups is 2. The largest absolute Gasteiger partial charge is 0.387 e. The van der Waals surface area contributed by atoms with Crippen LogP contribution in [0.3, 0.4) is 0 Å². The minimum atomic E-state index is -1.15. The van der Waals surface area contributed by atoms with Crippen molar-refractivity contribution in [2.24, 2.45) is 5.73 Å². The zero-order valence-electron chi connectivity index (χ0n) is 13.9. The number of nitrogens with zero attached hydrogens (tertiary/aromatic N) is 4. The van der Waals surface area contributed by atoms with E-state index in [2.05, 4.69) is 26.8 Å². The highest BCUT2D eigenvalue weighted by atomic mass is 16.6. The summed E-state index contributed by atoms with van der Waals surface area (Å²) in [6.07, 6.45) is -0.441. The first kappa shape index (κ1) is 17.7. The van der Waals surface area contributed by atoms with E-state index < -0.39 is 24.5 Å². The minimum Gasteiger partial charge on any atom is -0.387 e. The fraction of sp³-hybridized carbons (Fsp3) is 0.533. The van der Waals surface area contributed by atoms with Crippen LogP contribution in [0.2, 0.25) is 0 Å². The van der Waals surface area contributed by atoms with Gasteiger partial charge in [0.05, 0.1) is 6.33 Å². The number of fused-ring (bicyclic) bond motifs is 1. The number of anilines is 1. The first-order valence-corrected chi connectivity index (χ1v) is 7.96. The van der Waals surface area contributed by atoms with Crippen molar-refractivity contribution in [2.75, 3.05) is 19.3 Å². The molecule has 0 radical (unpaired) electrons. The summed E-state index contributed by atoms with van der Waals surface area (Å²) in [4.78, 5) is 12.2. The number of ether oxygens (including phenoxy) is 1. The molecule has 10 heteroatoms. The van der Waals surface area contributed by atoms with Crippen molar-refractivity contribution in [1.29, 1.82) is 0 Å². The Morgan fingerprint density at radius 3 is 2.84 bits per heavy atom. The predicted octanol–water partition coefficient (Wildman–Crippen LogP) is -1.48. The number of aromatic nitrogens is 4. The summed E-state index contributed by atoms with van der Waals surface area (Å²) in [7, 11) is 1.75. The topological polar surface area (TPSA) is 157 Å². The van der Waals surface area contributed by atoms with Gasteiger partial charge in [0.1, 0.15) is 30.2 Å². The zero-order chi connectivity index (χ0) is 18.1. The Morgan fingerprint density at radius 1 is 1.40 bits per heavy atom. The van der Waals surface area contributed by atoms with E-state index in [0.29, 0.717) is 24.1 Å². The Bertz CT molecular complexity index is 765. The highest BCUT2D eigenvalue weighted by Gasteiger charge is 2.47. The molecule has 5 atom stereocenters. The molecule has 1 aliphatic heterocycles. The van der Waals surface area contributed by atoms with Crippen LogP contribution in [0.5, 0.6) is 0 Å². The fourth-order valence-electron chi connectivity index (χ4n) is 3.08. The quantitative estimate of drug-likeness (QED) is 0.392. The van der Waals surface area contributed by atoms with Gasteiger partial charge in [-0.25, -0.2) is 15.0 Å². The normalized spacial score (nSPS) is 27.7. The lowest BCUT2D eigenvalue weighted by Gasteiger charge is -2.25. The number of hydrogen-bond acceptors (Lipinski definition) is 9. The average molecular weight is 349 g/mol. The molecule has 136 valence electrons. The van der Waals surface area contributed by atoms with Crippen molar-refractivity contribution >= 4 is 17.0 Å². The van der Waals surface area contributed by atoms with Crippen LogP contribution in [0.15, 0.2) is 24.8 Å². The molecule has 1 saturated heterocycles. The van der Waals surface area contributed by atoms with Gasteiger partial charge in [-0.2, -0.15) is 0 Å². The molecule has 0 spiro atoms. The smallest absolute Gasteiger partial charge is 0.167 e. The molecule has 0 aromatic carbocycles. The number of aliphatic hydroxyl groups excluding tert-OH is 2. The Morgan fingerprint density at radius 2 is 2.16 bits per heavy atom. The second-order valence-electron chi connectivity index (χ2n) is 6.11. The standard InChI is InChI=1S/C15H23N7O3/c1-7(4-16)3-8(18-2)12-10(23)11(24)15(25-12)22-6-21-9-13(17)19-5-20-14(9)22/h5-6,8,10-12,15,18,23-24H,1,3-4,16H2,2H3,(H2,17,19,20)/t8?,10-,11+,12+,15+/m0/s1. The molecular formula is C15H23N7O3. The van der Waals surface area contributed by atoms with Crippen molar-refractivity contribution in [2.45, 2.75) is 37.0 Å². The summed E-state index contributed by atoms with van der Waals surface area (Å²) in [5.74, 6) is 0.237. The molecule has 25 heavy (non-hydrogen) atoms. The third-order valence-corrected chi connectivity index (χ3v) is 4.50. The second kappa shape index (κ2) is 7.02. The molecule has 0 bridgehead atoms. The Labute approximate surface area is 144 Å². The van der Waals surface area contributed by atoms with Gasteiger partial charge in [-0.3, -0.25) is 4.57 Å². The summed E-state index contributed by atoms with van der Waals surface area (Å²) in [5, 5.41) is 24.1. The molecule has 0 saturated carbocycles. The van der Waals surface area contributed by atoms with E-state index >= 15 is 0 Å². The maximum Gasteiger partial charge on any atom is 0.167 e. The van der Waals surface area contributed by atoms with Crippen LogP contribution in [0.1, 0.15) is 12.6 Å². The summed E-state index contributed by atoms with van der Waals surface area (Å²) in [5.41, 5.74) is 13.0. The van der Waals surface area contributed by atoms with Gasteiger partial charge < -0.3 is 31.7 Å². The predicted molar refractivity (Wildman–Crippen MR) is 91.3 cm³/mol. The van der Waals surface area contributed by atoms with E-state index in [1.165, 1.54) is 12.7 Å². The van der Waals surface area contributed by atoms with Gasteiger partial charge in [0.2, 0.25) is 0 Å². The van der Waals surface area contributed by atoms with E-state index in [0.717, 1.165) is 5.57 Å². The molecule has 7 N–H and O–H groups in total. The van der Waals surface area contributed by atoms with Gasteiger partial charge in [-0.15, -0.1) is 0 Å². The van der Waals surface area contributed by atoms with E-state index in [1.54, 1.807) is 11.6 Å². The van der Waals surface area contributed by atoms with Crippen molar-refractivity contribution < 1.29 is 14.9 Å². The van der Waals surface area contributed by atoms with Gasteiger partial charge in [-0.05, 0) is 13.5 Å². The number of nitrogen functional groups attached to an aromatic ring is 1. The highest BCUT2D eigenvalue weighted by Crippen LogP contribution is 2.34. The molecule has 0 aliphatic carbocycles. The van der Waals surface area contributed by atoms with Crippen LogP contribution >= 0.6 is 0 Å². The van der Waals surface area contributed by atoms with Gasteiger partial charge in [-0.1, -0.05) is 12.2 Å². The monoisotopic (exact) mass is 349 g/mol. The van der Waals surface area contributed by atoms with Crippen LogP contribution < -0.4 is 16.8 Å². The number of nitrogens with two attached hydrogens (primary N) is 2. The summed E-state index contributed by atoms with van der Waals surface area (Å²) in [6.45, 7) is 4.23. The van der Waals surface area contributed by atoms with Crippen LogP contribution in [0, 0.1) is 0 Å². The number of imidazole rings is 1. The first-order chi connectivity index (χ1) is 12.0. The summed E-state index contributed by atoms with van der Waals surface area (Å²) >= 11 is 0. The van der Waals surface area contributed by atoms with Gasteiger partial charge in [0.15, 0.2) is 17.7 Å². The van der Waals surface area contributed by atoms with Gasteiger partial charge >= 0.3 is 0 Å². The molecule has 10 nitrogen and oxygen atoms in total. The molecule has 2 aromatic rings. The molecular weight excluding hydrogens is 326 g/mol. The van der Waals surface area contributed by atoms with Crippen molar-refractivity contribution in [3.63, 3.8) is 0 Å². The maximum atomic E-state index is 10.5. The third kappa shape index (κ3) is 3.10. The summed E-state index contributed by atoms with van der Waals surface area (Å²) in [6, 6.07) is -0.250. The van der Waals surface area contributed by atoms with Crippen LogP contribution in [0.25, 0.3) is 11.2 Å². The Hall–Kier alpha value is -2.11. The first-order valence-electron chi connectivity index (χ1n) is 7.96. The number of nitrogens with one attached hydrogen (secondary N) is 1. The third-order valence-electron chi connectivity index (χ3n) is 4.50. The molecule has 3 heterocycles. The van der Waals surface area contributed by atoms with E-state index in [9.17, 15) is 10.2 Å². The van der Waals surface area contributed by atoms with Crippen LogP contribution in [-0.4, -0.2) is 67.7 Å². The molecule has 1 unspecified atom stereocenters. The molecule has 1 aliphatic rings.